The van der Waals surface area contributed by atoms with E-state index >= 15 is 0 Å². The van der Waals surface area contributed by atoms with Crippen LogP contribution in [0.2, 0.25) is 0 Å². The maximum absolute atomic E-state index is 12.8. The van der Waals surface area contributed by atoms with E-state index in [1.54, 1.807) is 0 Å². The topological polar surface area (TPSA) is 178 Å². The van der Waals surface area contributed by atoms with E-state index in [-0.39, 0.29) is 19.6 Å². The Bertz CT molecular complexity index is 1090. The van der Waals surface area contributed by atoms with Gasteiger partial charge >= 0.3 is 16.4 Å². The molecule has 0 amide bonds. The average molecular weight is 865 g/mol. The van der Waals surface area contributed by atoms with E-state index in [0.29, 0.717) is 13.0 Å². The number of ether oxygens (including phenoxy) is 4. The molecule has 4 N–H and O–H groups in total. The van der Waals surface area contributed by atoms with Gasteiger partial charge in [-0.3, -0.25) is 9.35 Å². The van der Waals surface area contributed by atoms with Crippen molar-refractivity contribution in [3.05, 3.63) is 12.2 Å². The Morgan fingerprint density at radius 1 is 0.627 bits per heavy atom. The molecule has 13 heteroatoms. The molecule has 0 saturated carbocycles. The van der Waals surface area contributed by atoms with E-state index in [9.17, 15) is 28.5 Å². The summed E-state index contributed by atoms with van der Waals surface area (Å²) >= 11 is 0. The average Bonchev–Trinajstić information content (AvgIpc) is 3.20. The number of hydrogen-bond acceptors (Lipinski definition) is 11. The summed E-state index contributed by atoms with van der Waals surface area (Å²) in [4.78, 5) is 12.8. The molecule has 6 atom stereocenters. The van der Waals surface area contributed by atoms with Crippen molar-refractivity contribution in [2.75, 3.05) is 26.4 Å². The van der Waals surface area contributed by atoms with Gasteiger partial charge in [-0.1, -0.05) is 180 Å². The third-order valence-electron chi connectivity index (χ3n) is 11.1. The molecule has 1 fully saturated rings. The zero-order chi connectivity index (χ0) is 43.2. The Labute approximate surface area is 359 Å². The van der Waals surface area contributed by atoms with Crippen LogP contribution in [-0.4, -0.2) is 97.5 Å². The van der Waals surface area contributed by atoms with Crippen LogP contribution in [0.5, 0.6) is 0 Å². The molecular weight excluding hydrogens is 777 g/mol. The third kappa shape index (κ3) is 32.2. The van der Waals surface area contributed by atoms with E-state index in [0.717, 1.165) is 38.5 Å². The fourth-order valence-electron chi connectivity index (χ4n) is 7.49. The van der Waals surface area contributed by atoms with Gasteiger partial charge in [-0.2, -0.15) is 8.42 Å². The number of unbranched alkanes of at least 4 members (excludes halogenated alkanes) is 27. The number of carbonyl (C=O) groups is 1. The van der Waals surface area contributed by atoms with E-state index in [4.69, 9.17) is 23.5 Å². The van der Waals surface area contributed by atoms with Gasteiger partial charge in [0.05, 0.1) is 19.8 Å². The van der Waals surface area contributed by atoms with Crippen molar-refractivity contribution in [1.29, 1.82) is 0 Å². The van der Waals surface area contributed by atoms with Crippen molar-refractivity contribution in [3.8, 4) is 0 Å². The number of aliphatic hydroxyl groups excluding tert-OH is 3. The predicted molar refractivity (Wildman–Crippen MR) is 234 cm³/mol. The first-order valence-electron chi connectivity index (χ1n) is 23.9. The van der Waals surface area contributed by atoms with Gasteiger partial charge in [0.25, 0.3) is 0 Å². The SMILES string of the molecule is CCCCCCCCC/C=C\CCCCCCCCCCOCC(COC1OC(CO)C(O)C(OS(=O)(=O)O)C1O)OC(=O)CCCCCCCCCCCCCCC. The van der Waals surface area contributed by atoms with Crippen molar-refractivity contribution in [3.63, 3.8) is 0 Å². The molecule has 1 heterocycles. The summed E-state index contributed by atoms with van der Waals surface area (Å²) < 4.78 is 59.1. The molecule has 6 unspecified atom stereocenters. The molecule has 0 aromatic rings. The van der Waals surface area contributed by atoms with Gasteiger partial charge in [0.1, 0.15) is 30.5 Å². The van der Waals surface area contributed by atoms with E-state index in [1.807, 2.05) is 0 Å². The lowest BCUT2D eigenvalue weighted by atomic mass is 9.99. The van der Waals surface area contributed by atoms with Crippen molar-refractivity contribution in [2.24, 2.45) is 0 Å². The van der Waals surface area contributed by atoms with Gasteiger partial charge in [0, 0.05) is 13.0 Å². The molecule has 350 valence electrons. The second-order valence-electron chi connectivity index (χ2n) is 16.7. The molecule has 0 spiro atoms. The molecule has 0 aromatic carbocycles. The smallest absolute Gasteiger partial charge is 0.397 e. The molecular formula is C46H88O12S. The molecule has 1 rings (SSSR count). The van der Waals surface area contributed by atoms with Crippen molar-refractivity contribution in [2.45, 2.75) is 250 Å². The van der Waals surface area contributed by atoms with E-state index in [1.165, 1.54) is 148 Å². The Kier molecular flexibility index (Phi) is 36.5. The summed E-state index contributed by atoms with van der Waals surface area (Å²) in [5.41, 5.74) is 0. The van der Waals surface area contributed by atoms with Gasteiger partial charge in [0.15, 0.2) is 6.29 Å². The van der Waals surface area contributed by atoms with Crippen LogP contribution in [0.25, 0.3) is 0 Å². The molecule has 0 bridgehead atoms. The highest BCUT2D eigenvalue weighted by atomic mass is 32.3. The Balaban J connectivity index is 2.38. The van der Waals surface area contributed by atoms with Crippen LogP contribution in [0.1, 0.15) is 213 Å². The van der Waals surface area contributed by atoms with Crippen LogP contribution in [0.4, 0.5) is 0 Å². The molecule has 1 aliphatic rings. The van der Waals surface area contributed by atoms with E-state index in [2.05, 4.69) is 30.2 Å². The summed E-state index contributed by atoms with van der Waals surface area (Å²) in [7, 11) is -5.06. The van der Waals surface area contributed by atoms with Crippen LogP contribution < -0.4 is 0 Å². The lowest BCUT2D eigenvalue weighted by Crippen LogP contribution is -2.60. The summed E-state index contributed by atoms with van der Waals surface area (Å²) in [6.07, 6.45) is 32.4. The molecule has 1 aliphatic heterocycles. The lowest BCUT2D eigenvalue weighted by Gasteiger charge is -2.41. The monoisotopic (exact) mass is 865 g/mol. The zero-order valence-corrected chi connectivity index (χ0v) is 38.1. The first kappa shape index (κ1) is 55.9. The minimum Gasteiger partial charge on any atom is -0.457 e. The van der Waals surface area contributed by atoms with Gasteiger partial charge in [-0.05, 0) is 38.5 Å². The van der Waals surface area contributed by atoms with E-state index < -0.39 is 59.8 Å². The van der Waals surface area contributed by atoms with Gasteiger partial charge in [0.2, 0.25) is 0 Å². The fraction of sp³-hybridized carbons (Fsp3) is 0.935. The second kappa shape index (κ2) is 38.5. The molecule has 59 heavy (non-hydrogen) atoms. The highest BCUT2D eigenvalue weighted by molar-refractivity contribution is 7.80. The van der Waals surface area contributed by atoms with Crippen LogP contribution in [0.15, 0.2) is 12.2 Å². The normalized spacial score (nSPS) is 20.4. The number of hydrogen-bond donors (Lipinski definition) is 4. The number of aliphatic hydroxyl groups is 3. The molecule has 1 saturated heterocycles. The van der Waals surface area contributed by atoms with Crippen LogP contribution in [0, 0.1) is 0 Å². The standard InChI is InChI=1S/C46H88O12S/c1-3-5-7-9-11-13-15-17-18-19-20-21-22-24-26-28-30-32-34-36-54-38-40(39-55-46-44(50)45(58-59(51,52)53)43(49)41(37-47)57-46)56-42(48)35-33-31-29-27-25-23-16-14-12-10-8-6-4-2/h18-19,40-41,43-47,49-50H,3-17,20-39H2,1-2H3,(H,51,52,53)/b19-18-. The van der Waals surface area contributed by atoms with Gasteiger partial charge in [-0.25, -0.2) is 4.18 Å². The summed E-state index contributed by atoms with van der Waals surface area (Å²) in [6, 6.07) is 0. The lowest BCUT2D eigenvalue weighted by molar-refractivity contribution is -0.301. The minimum atomic E-state index is -5.06. The Morgan fingerprint density at radius 2 is 1.07 bits per heavy atom. The number of allylic oxidation sites excluding steroid dienone is 2. The minimum absolute atomic E-state index is 0.0393. The van der Waals surface area contributed by atoms with Crippen molar-refractivity contribution < 1.29 is 56.2 Å². The summed E-state index contributed by atoms with van der Waals surface area (Å²) in [5.74, 6) is -0.397. The largest absolute Gasteiger partial charge is 0.457 e. The van der Waals surface area contributed by atoms with Crippen LogP contribution in [-0.2, 0) is 38.3 Å². The first-order valence-corrected chi connectivity index (χ1v) is 25.3. The molecule has 12 nitrogen and oxygen atoms in total. The second-order valence-corrected chi connectivity index (χ2v) is 17.8. The zero-order valence-electron chi connectivity index (χ0n) is 37.3. The highest BCUT2D eigenvalue weighted by Gasteiger charge is 2.48. The highest BCUT2D eigenvalue weighted by Crippen LogP contribution is 2.26. The summed E-state index contributed by atoms with van der Waals surface area (Å²) in [5, 5.41) is 30.7. The maximum Gasteiger partial charge on any atom is 0.397 e. The Hall–Kier alpha value is -1.16. The van der Waals surface area contributed by atoms with Gasteiger partial charge < -0.3 is 34.3 Å². The van der Waals surface area contributed by atoms with Crippen molar-refractivity contribution >= 4 is 16.4 Å². The number of rotatable bonds is 42. The molecule has 0 aromatic heterocycles. The van der Waals surface area contributed by atoms with Gasteiger partial charge in [-0.15, -0.1) is 0 Å². The maximum atomic E-state index is 12.8. The first-order chi connectivity index (χ1) is 28.6. The number of carbonyl (C=O) groups excluding carboxylic acids is 1. The molecule has 0 aliphatic carbocycles. The predicted octanol–water partition coefficient (Wildman–Crippen LogP) is 10.2. The van der Waals surface area contributed by atoms with Crippen LogP contribution >= 0.6 is 0 Å². The van der Waals surface area contributed by atoms with Crippen LogP contribution in [0.3, 0.4) is 0 Å². The Morgan fingerprint density at radius 3 is 1.53 bits per heavy atom. The number of esters is 1. The third-order valence-corrected chi connectivity index (χ3v) is 11.6. The van der Waals surface area contributed by atoms with Crippen molar-refractivity contribution in [1.82, 2.24) is 0 Å². The quantitative estimate of drug-likeness (QED) is 0.0198. The summed E-state index contributed by atoms with van der Waals surface area (Å²) in [6.45, 7) is 4.01. The fourth-order valence-corrected chi connectivity index (χ4v) is 8.00. The molecule has 0 radical (unpaired) electrons.